The molecule has 1 aromatic rings. The molecule has 1 aromatic heterocycles. The predicted octanol–water partition coefficient (Wildman–Crippen LogP) is 1.79. The first kappa shape index (κ1) is 15.1. The standard InChI is InChI=1S/C11H16BrN3O2S2/c1-8(12)6-18-11-14-13-10(15(11)2)5-9-3-4-19(16,17)7-9/h9H,1,3-7H2,2H3/t9-/m1/s1. The number of aromatic nitrogens is 3. The van der Waals surface area contributed by atoms with Crippen molar-refractivity contribution in [1.29, 1.82) is 0 Å². The third kappa shape index (κ3) is 4.06. The fraction of sp³-hybridized carbons (Fsp3) is 0.636. The number of rotatable bonds is 5. The van der Waals surface area contributed by atoms with Gasteiger partial charge in [0.15, 0.2) is 15.0 Å². The van der Waals surface area contributed by atoms with Crippen molar-refractivity contribution in [1.82, 2.24) is 14.8 Å². The summed E-state index contributed by atoms with van der Waals surface area (Å²) in [6.07, 6.45) is 1.41. The molecular weight excluding hydrogens is 350 g/mol. The fourth-order valence-electron chi connectivity index (χ4n) is 2.08. The lowest BCUT2D eigenvalue weighted by Gasteiger charge is -2.07. The number of hydrogen-bond donors (Lipinski definition) is 0. The van der Waals surface area contributed by atoms with Gasteiger partial charge in [-0.1, -0.05) is 34.3 Å². The van der Waals surface area contributed by atoms with Gasteiger partial charge in [-0.25, -0.2) is 8.42 Å². The highest BCUT2D eigenvalue weighted by Gasteiger charge is 2.29. The first-order valence-electron chi connectivity index (χ1n) is 5.92. The van der Waals surface area contributed by atoms with Crippen LogP contribution in [0.1, 0.15) is 12.2 Å². The Balaban J connectivity index is 2.00. The molecule has 0 radical (unpaired) electrons. The lowest BCUT2D eigenvalue weighted by molar-refractivity contribution is 0.552. The minimum Gasteiger partial charge on any atom is -0.309 e. The van der Waals surface area contributed by atoms with Crippen molar-refractivity contribution in [2.45, 2.75) is 18.0 Å². The van der Waals surface area contributed by atoms with Gasteiger partial charge in [-0.15, -0.1) is 10.2 Å². The van der Waals surface area contributed by atoms with E-state index in [2.05, 4.69) is 32.7 Å². The predicted molar refractivity (Wildman–Crippen MR) is 80.3 cm³/mol. The lowest BCUT2D eigenvalue weighted by Crippen LogP contribution is -2.11. The van der Waals surface area contributed by atoms with E-state index in [1.807, 2.05) is 11.6 Å². The average Bonchev–Trinajstić information content (AvgIpc) is 2.82. The van der Waals surface area contributed by atoms with Crippen LogP contribution in [0.5, 0.6) is 0 Å². The van der Waals surface area contributed by atoms with E-state index < -0.39 is 9.84 Å². The molecule has 5 nitrogen and oxygen atoms in total. The second-order valence-corrected chi connectivity index (χ2v) is 9.03. The molecule has 0 saturated carbocycles. The Morgan fingerprint density at radius 1 is 1.58 bits per heavy atom. The molecule has 0 bridgehead atoms. The minimum atomic E-state index is -2.82. The van der Waals surface area contributed by atoms with E-state index in [1.54, 1.807) is 11.8 Å². The van der Waals surface area contributed by atoms with Gasteiger partial charge in [0.25, 0.3) is 0 Å². The van der Waals surface area contributed by atoms with Crippen molar-refractivity contribution in [2.75, 3.05) is 17.3 Å². The molecule has 8 heteroatoms. The maximum atomic E-state index is 11.4. The summed E-state index contributed by atoms with van der Waals surface area (Å²) in [6, 6.07) is 0. The molecule has 0 amide bonds. The molecule has 0 N–H and O–H groups in total. The van der Waals surface area contributed by atoms with Crippen LogP contribution in [0.3, 0.4) is 0 Å². The summed E-state index contributed by atoms with van der Waals surface area (Å²) >= 11 is 4.87. The van der Waals surface area contributed by atoms with Crippen molar-refractivity contribution in [3.8, 4) is 0 Å². The van der Waals surface area contributed by atoms with Crippen LogP contribution in [0.15, 0.2) is 16.2 Å². The molecule has 0 spiro atoms. The fourth-order valence-corrected chi connectivity index (χ4v) is 4.97. The number of thioether (sulfide) groups is 1. The maximum Gasteiger partial charge on any atom is 0.191 e. The van der Waals surface area contributed by atoms with Gasteiger partial charge in [0.1, 0.15) is 5.82 Å². The molecule has 0 unspecified atom stereocenters. The van der Waals surface area contributed by atoms with E-state index in [0.717, 1.165) is 27.6 Å². The third-order valence-electron chi connectivity index (χ3n) is 3.08. The van der Waals surface area contributed by atoms with Crippen molar-refractivity contribution in [2.24, 2.45) is 13.0 Å². The number of hydrogen-bond acceptors (Lipinski definition) is 5. The highest BCUT2D eigenvalue weighted by molar-refractivity contribution is 9.11. The number of nitrogens with zero attached hydrogens (tertiary/aromatic N) is 3. The normalized spacial score (nSPS) is 21.7. The van der Waals surface area contributed by atoms with Gasteiger partial charge in [0, 0.05) is 19.2 Å². The topological polar surface area (TPSA) is 64.8 Å². The third-order valence-corrected chi connectivity index (χ3v) is 6.68. The molecule has 2 heterocycles. The summed E-state index contributed by atoms with van der Waals surface area (Å²) < 4.78 is 25.7. The van der Waals surface area contributed by atoms with Gasteiger partial charge in [-0.05, 0) is 16.8 Å². The van der Waals surface area contributed by atoms with Crippen LogP contribution in [0.4, 0.5) is 0 Å². The van der Waals surface area contributed by atoms with Crippen LogP contribution < -0.4 is 0 Å². The molecule has 19 heavy (non-hydrogen) atoms. The smallest absolute Gasteiger partial charge is 0.191 e. The van der Waals surface area contributed by atoms with E-state index in [-0.39, 0.29) is 11.7 Å². The van der Waals surface area contributed by atoms with Crippen molar-refractivity contribution >= 4 is 37.5 Å². The summed E-state index contributed by atoms with van der Waals surface area (Å²) in [4.78, 5) is 0. The van der Waals surface area contributed by atoms with E-state index in [1.165, 1.54) is 0 Å². The first-order valence-corrected chi connectivity index (χ1v) is 9.52. The zero-order chi connectivity index (χ0) is 14.0. The van der Waals surface area contributed by atoms with E-state index in [9.17, 15) is 8.42 Å². The van der Waals surface area contributed by atoms with Crippen LogP contribution in [0.2, 0.25) is 0 Å². The Kier molecular flexibility index (Phi) is 4.73. The second-order valence-electron chi connectivity index (χ2n) is 4.74. The Morgan fingerprint density at radius 2 is 2.32 bits per heavy atom. The van der Waals surface area contributed by atoms with Crippen LogP contribution in [0, 0.1) is 5.92 Å². The van der Waals surface area contributed by atoms with Crippen LogP contribution in [-0.2, 0) is 23.3 Å². The zero-order valence-corrected chi connectivity index (χ0v) is 13.9. The van der Waals surface area contributed by atoms with Crippen LogP contribution >= 0.6 is 27.7 Å². The van der Waals surface area contributed by atoms with Crippen molar-refractivity contribution in [3.05, 3.63) is 16.9 Å². The molecule has 0 aliphatic carbocycles. The van der Waals surface area contributed by atoms with Crippen molar-refractivity contribution in [3.63, 3.8) is 0 Å². The van der Waals surface area contributed by atoms with Gasteiger partial charge in [-0.2, -0.15) is 0 Å². The maximum absolute atomic E-state index is 11.4. The van der Waals surface area contributed by atoms with Gasteiger partial charge >= 0.3 is 0 Å². The summed E-state index contributed by atoms with van der Waals surface area (Å²) in [5.74, 6) is 2.35. The van der Waals surface area contributed by atoms with Crippen LogP contribution in [0.25, 0.3) is 0 Å². The van der Waals surface area contributed by atoms with E-state index in [4.69, 9.17) is 0 Å². The first-order chi connectivity index (χ1) is 8.87. The SMILES string of the molecule is C=C(Br)CSc1nnc(C[C@H]2CCS(=O)(=O)C2)n1C. The Morgan fingerprint density at radius 3 is 2.89 bits per heavy atom. The summed E-state index contributed by atoms with van der Waals surface area (Å²) in [5, 5.41) is 9.12. The molecule has 1 aliphatic heterocycles. The highest BCUT2D eigenvalue weighted by atomic mass is 79.9. The molecule has 106 valence electrons. The zero-order valence-electron chi connectivity index (χ0n) is 10.7. The second kappa shape index (κ2) is 5.97. The average molecular weight is 366 g/mol. The van der Waals surface area contributed by atoms with Crippen LogP contribution in [-0.4, -0.2) is 40.4 Å². The molecule has 1 fully saturated rings. The monoisotopic (exact) mass is 365 g/mol. The lowest BCUT2D eigenvalue weighted by atomic mass is 10.1. The van der Waals surface area contributed by atoms with E-state index >= 15 is 0 Å². The summed E-state index contributed by atoms with van der Waals surface area (Å²) in [6.45, 7) is 3.78. The van der Waals surface area contributed by atoms with Gasteiger partial charge in [-0.3, -0.25) is 0 Å². The van der Waals surface area contributed by atoms with E-state index in [0.29, 0.717) is 12.2 Å². The summed E-state index contributed by atoms with van der Waals surface area (Å²) in [7, 11) is -0.909. The van der Waals surface area contributed by atoms with Gasteiger partial charge in [0.05, 0.1) is 11.5 Å². The molecule has 0 aromatic carbocycles. The Bertz CT molecular complexity index is 583. The van der Waals surface area contributed by atoms with Crippen molar-refractivity contribution < 1.29 is 8.42 Å². The minimum absolute atomic E-state index is 0.178. The highest BCUT2D eigenvalue weighted by Crippen LogP contribution is 2.24. The Hall–Kier alpha value is -0.340. The number of sulfone groups is 1. The Labute approximate surface area is 125 Å². The molecule has 1 atom stereocenters. The molecular formula is C11H16BrN3O2S2. The quantitative estimate of drug-likeness (QED) is 0.744. The molecule has 2 rings (SSSR count). The molecule has 1 saturated heterocycles. The number of halogens is 1. The van der Waals surface area contributed by atoms with Gasteiger partial charge in [0.2, 0.25) is 0 Å². The summed E-state index contributed by atoms with van der Waals surface area (Å²) in [5.41, 5.74) is 0. The largest absolute Gasteiger partial charge is 0.309 e. The van der Waals surface area contributed by atoms with Gasteiger partial charge < -0.3 is 4.57 Å². The molecule has 1 aliphatic rings.